The Kier molecular flexibility index (Phi) is 3.95. The van der Waals surface area contributed by atoms with Crippen molar-refractivity contribution in [1.29, 1.82) is 0 Å². The maximum Gasteiger partial charge on any atom is 0.254 e. The lowest BCUT2D eigenvalue weighted by atomic mass is 10.4. The first-order valence-electron chi connectivity index (χ1n) is 5.37. The van der Waals surface area contributed by atoms with Crippen molar-refractivity contribution in [3.8, 4) is 0 Å². The molecular formula is C10H13ClN4O2S2. The van der Waals surface area contributed by atoms with E-state index < -0.39 is 10.0 Å². The molecule has 0 unspecified atom stereocenters. The first kappa shape index (κ1) is 14.4. The van der Waals surface area contributed by atoms with Crippen LogP contribution in [0.4, 0.5) is 0 Å². The number of halogens is 1. The van der Waals surface area contributed by atoms with Crippen LogP contribution in [-0.4, -0.2) is 34.5 Å². The van der Waals surface area contributed by atoms with Gasteiger partial charge in [-0.15, -0.1) is 0 Å². The third kappa shape index (κ3) is 2.97. The fraction of sp³-hybridized carbons (Fsp3) is 0.400. The largest absolute Gasteiger partial charge is 0.275 e. The van der Waals surface area contributed by atoms with Crippen molar-refractivity contribution in [1.82, 2.24) is 19.1 Å². The normalized spacial score (nSPS) is 12.3. The van der Waals surface area contributed by atoms with Gasteiger partial charge >= 0.3 is 0 Å². The molecular weight excluding hydrogens is 308 g/mol. The van der Waals surface area contributed by atoms with Gasteiger partial charge in [0, 0.05) is 32.4 Å². The van der Waals surface area contributed by atoms with E-state index in [1.165, 1.54) is 11.4 Å². The minimum Gasteiger partial charge on any atom is -0.275 e. The number of thiazole rings is 1. The lowest BCUT2D eigenvalue weighted by Crippen LogP contribution is -2.26. The van der Waals surface area contributed by atoms with Crippen LogP contribution in [0, 0.1) is 6.92 Å². The molecule has 0 saturated heterocycles. The van der Waals surface area contributed by atoms with Crippen LogP contribution in [-0.2, 0) is 23.6 Å². The summed E-state index contributed by atoms with van der Waals surface area (Å²) in [6.07, 6.45) is 3.41. The Morgan fingerprint density at radius 2 is 2.21 bits per heavy atom. The highest BCUT2D eigenvalue weighted by molar-refractivity contribution is 7.91. The highest BCUT2D eigenvalue weighted by Crippen LogP contribution is 2.29. The van der Waals surface area contributed by atoms with E-state index >= 15 is 0 Å². The maximum absolute atomic E-state index is 12.4. The van der Waals surface area contributed by atoms with Crippen molar-refractivity contribution in [3.63, 3.8) is 0 Å². The standard InChI is InChI=1S/C10H13ClN4O2S2/c1-7-9(18-10(11)13-7)19(16,17)15(3)6-8-4-12-14(2)5-8/h4-5H,6H2,1-3H3. The SMILES string of the molecule is Cc1nc(Cl)sc1S(=O)(=O)N(C)Cc1cnn(C)c1. The summed E-state index contributed by atoms with van der Waals surface area (Å²) in [6.45, 7) is 1.89. The van der Waals surface area contributed by atoms with Gasteiger partial charge in [-0.25, -0.2) is 13.4 Å². The number of sulfonamides is 1. The molecule has 0 atom stereocenters. The summed E-state index contributed by atoms with van der Waals surface area (Å²) in [5, 5.41) is 4.01. The van der Waals surface area contributed by atoms with E-state index in [0.29, 0.717) is 5.69 Å². The molecule has 2 heterocycles. The Balaban J connectivity index is 2.27. The van der Waals surface area contributed by atoms with Crippen molar-refractivity contribution in [2.45, 2.75) is 17.7 Å². The summed E-state index contributed by atoms with van der Waals surface area (Å²) in [6, 6.07) is 0. The highest BCUT2D eigenvalue weighted by Gasteiger charge is 2.26. The van der Waals surface area contributed by atoms with Crippen LogP contribution in [0.5, 0.6) is 0 Å². The monoisotopic (exact) mass is 320 g/mol. The van der Waals surface area contributed by atoms with Gasteiger partial charge in [-0.3, -0.25) is 4.68 Å². The molecule has 6 nitrogen and oxygen atoms in total. The topological polar surface area (TPSA) is 68.1 Å². The van der Waals surface area contributed by atoms with E-state index in [2.05, 4.69) is 10.1 Å². The van der Waals surface area contributed by atoms with E-state index in [0.717, 1.165) is 16.9 Å². The molecule has 0 bridgehead atoms. The van der Waals surface area contributed by atoms with E-state index in [1.54, 1.807) is 31.0 Å². The van der Waals surface area contributed by atoms with Crippen molar-refractivity contribution in [2.24, 2.45) is 7.05 Å². The summed E-state index contributed by atoms with van der Waals surface area (Å²) in [7, 11) is -0.264. The van der Waals surface area contributed by atoms with Crippen LogP contribution in [0.2, 0.25) is 4.47 Å². The van der Waals surface area contributed by atoms with Crippen LogP contribution < -0.4 is 0 Å². The first-order valence-corrected chi connectivity index (χ1v) is 8.01. The van der Waals surface area contributed by atoms with Crippen molar-refractivity contribution in [3.05, 3.63) is 28.1 Å². The Labute approximate surface area is 120 Å². The quantitative estimate of drug-likeness (QED) is 0.859. The molecule has 2 aromatic rings. The van der Waals surface area contributed by atoms with Crippen LogP contribution in [0.3, 0.4) is 0 Å². The fourth-order valence-electron chi connectivity index (χ4n) is 1.63. The van der Waals surface area contributed by atoms with E-state index in [9.17, 15) is 8.42 Å². The number of aryl methyl sites for hydroxylation is 2. The molecule has 0 amide bonds. The van der Waals surface area contributed by atoms with Gasteiger partial charge in [-0.05, 0) is 6.92 Å². The summed E-state index contributed by atoms with van der Waals surface area (Å²) >= 11 is 6.72. The lowest BCUT2D eigenvalue weighted by molar-refractivity contribution is 0.468. The van der Waals surface area contributed by atoms with Crippen LogP contribution in [0.1, 0.15) is 11.3 Å². The smallest absolute Gasteiger partial charge is 0.254 e. The number of hydrogen-bond acceptors (Lipinski definition) is 5. The van der Waals surface area contributed by atoms with Gasteiger partial charge in [-0.2, -0.15) is 9.40 Å². The summed E-state index contributed by atoms with van der Waals surface area (Å²) in [5.74, 6) is 0. The Bertz CT molecular complexity index is 692. The zero-order valence-electron chi connectivity index (χ0n) is 10.7. The third-order valence-corrected chi connectivity index (χ3v) is 6.19. The molecule has 0 aromatic carbocycles. The summed E-state index contributed by atoms with van der Waals surface area (Å²) in [4.78, 5) is 3.93. The second-order valence-corrected chi connectivity index (χ2v) is 7.94. The Morgan fingerprint density at radius 3 is 2.68 bits per heavy atom. The van der Waals surface area contributed by atoms with Gasteiger partial charge in [0.1, 0.15) is 0 Å². The molecule has 0 N–H and O–H groups in total. The zero-order chi connectivity index (χ0) is 14.2. The predicted octanol–water partition coefficient (Wildman–Crippen LogP) is 1.66. The molecule has 0 aliphatic rings. The number of rotatable bonds is 4. The highest BCUT2D eigenvalue weighted by atomic mass is 35.5. The van der Waals surface area contributed by atoms with Gasteiger partial charge in [0.05, 0.1) is 11.9 Å². The molecule has 0 aliphatic carbocycles. The van der Waals surface area contributed by atoms with Gasteiger partial charge < -0.3 is 0 Å². The van der Waals surface area contributed by atoms with Gasteiger partial charge in [0.15, 0.2) is 8.68 Å². The molecule has 2 rings (SSSR count). The number of hydrogen-bond donors (Lipinski definition) is 0. The second-order valence-electron chi connectivity index (χ2n) is 4.12. The first-order chi connectivity index (χ1) is 8.80. The maximum atomic E-state index is 12.4. The Morgan fingerprint density at radius 1 is 1.53 bits per heavy atom. The molecule has 0 spiro atoms. The second kappa shape index (κ2) is 5.20. The molecule has 9 heteroatoms. The Hall–Kier alpha value is -0.960. The molecule has 0 radical (unpaired) electrons. The van der Waals surface area contributed by atoms with Crippen molar-refractivity contribution < 1.29 is 8.42 Å². The van der Waals surface area contributed by atoms with Crippen LogP contribution in [0.25, 0.3) is 0 Å². The third-order valence-electron chi connectivity index (χ3n) is 2.54. The average molecular weight is 321 g/mol. The molecule has 19 heavy (non-hydrogen) atoms. The molecule has 0 aliphatic heterocycles. The average Bonchev–Trinajstić information content (AvgIpc) is 2.85. The number of nitrogens with zero attached hydrogens (tertiary/aromatic N) is 4. The van der Waals surface area contributed by atoms with Crippen LogP contribution >= 0.6 is 22.9 Å². The van der Waals surface area contributed by atoms with Crippen LogP contribution in [0.15, 0.2) is 16.6 Å². The summed E-state index contributed by atoms with van der Waals surface area (Å²) in [5.41, 5.74) is 1.25. The summed E-state index contributed by atoms with van der Waals surface area (Å²) < 4.78 is 28.1. The van der Waals surface area contributed by atoms with E-state index in [-0.39, 0.29) is 15.2 Å². The number of aromatic nitrogens is 3. The van der Waals surface area contributed by atoms with Gasteiger partial charge in [0.2, 0.25) is 0 Å². The van der Waals surface area contributed by atoms with Gasteiger partial charge in [0.25, 0.3) is 10.0 Å². The molecule has 0 fully saturated rings. The van der Waals surface area contributed by atoms with Gasteiger partial charge in [-0.1, -0.05) is 22.9 Å². The fourth-order valence-corrected chi connectivity index (χ4v) is 4.71. The minimum absolute atomic E-state index is 0.184. The minimum atomic E-state index is -3.57. The molecule has 2 aromatic heterocycles. The van der Waals surface area contributed by atoms with Crippen molar-refractivity contribution >= 4 is 33.0 Å². The molecule has 104 valence electrons. The lowest BCUT2D eigenvalue weighted by Gasteiger charge is -2.15. The zero-order valence-corrected chi connectivity index (χ0v) is 13.1. The predicted molar refractivity (Wildman–Crippen MR) is 73.7 cm³/mol. The van der Waals surface area contributed by atoms with E-state index in [4.69, 9.17) is 11.6 Å². The molecule has 0 saturated carbocycles. The van der Waals surface area contributed by atoms with E-state index in [1.807, 2.05) is 0 Å². The van der Waals surface area contributed by atoms with Crippen molar-refractivity contribution in [2.75, 3.05) is 7.05 Å².